The van der Waals surface area contributed by atoms with Crippen molar-refractivity contribution in [1.82, 2.24) is 0 Å². The van der Waals surface area contributed by atoms with Crippen LogP contribution in [0.4, 0.5) is 0 Å². The summed E-state index contributed by atoms with van der Waals surface area (Å²) in [6.45, 7) is 10.8. The first-order chi connectivity index (χ1) is 12.3. The lowest BCUT2D eigenvalue weighted by Gasteiger charge is -2.05. The highest BCUT2D eigenvalue weighted by Crippen LogP contribution is 2.31. The summed E-state index contributed by atoms with van der Waals surface area (Å²) in [4.78, 5) is 26.4. The fourth-order valence-corrected chi connectivity index (χ4v) is 4.05. The van der Waals surface area contributed by atoms with Gasteiger partial charge in [0.05, 0.1) is 0 Å². The van der Waals surface area contributed by atoms with Gasteiger partial charge in [0.1, 0.15) is 0 Å². The minimum atomic E-state index is -0.0102. The average Bonchev–Trinajstić information content (AvgIpc) is 2.62. The van der Waals surface area contributed by atoms with Gasteiger partial charge in [0.25, 0.3) is 0 Å². The third-order valence-corrected chi connectivity index (χ3v) is 6.41. The third kappa shape index (κ3) is 6.56. The molecule has 134 valence electrons. The van der Waals surface area contributed by atoms with Crippen molar-refractivity contribution in [3.63, 3.8) is 0 Å². The minimum Gasteiger partial charge on any atom is -0.282 e. The van der Waals surface area contributed by atoms with E-state index in [1.165, 1.54) is 23.5 Å². The zero-order chi connectivity index (χ0) is 19.1. The monoisotopic (exact) mass is 400 g/mol. The third-order valence-electron chi connectivity index (χ3n) is 3.26. The van der Waals surface area contributed by atoms with E-state index in [0.717, 1.165) is 20.2 Å². The van der Waals surface area contributed by atoms with E-state index < -0.39 is 0 Å². The highest BCUT2D eigenvalue weighted by molar-refractivity contribution is 8.14. The molecule has 2 aromatic carbocycles. The molecule has 2 nitrogen and oxygen atoms in total. The maximum Gasteiger partial charge on any atom is 0.219 e. The second-order valence-corrected chi connectivity index (χ2v) is 8.89. The first kappa shape index (κ1) is 20.6. The van der Waals surface area contributed by atoms with Crippen molar-refractivity contribution < 1.29 is 9.59 Å². The number of rotatable bonds is 7. The van der Waals surface area contributed by atoms with E-state index in [1.807, 2.05) is 36.4 Å². The van der Waals surface area contributed by atoms with Gasteiger partial charge in [-0.05, 0) is 78.7 Å². The number of hydrogen-bond donors (Lipinski definition) is 0. The Morgan fingerprint density at radius 2 is 1.23 bits per heavy atom. The molecule has 0 saturated carbocycles. The van der Waals surface area contributed by atoms with Gasteiger partial charge in [-0.1, -0.05) is 48.8 Å². The molecular weight excluding hydrogens is 380 g/mol. The predicted molar refractivity (Wildman–Crippen MR) is 114 cm³/mol. The molecule has 0 bridgehead atoms. The van der Waals surface area contributed by atoms with Gasteiger partial charge in [0, 0.05) is 20.4 Å². The summed E-state index contributed by atoms with van der Waals surface area (Å²) in [6.07, 6.45) is 0. The molecule has 2 rings (SSSR count). The van der Waals surface area contributed by atoms with Crippen LogP contribution in [0.5, 0.6) is 0 Å². The maximum absolute atomic E-state index is 11.7. The Kier molecular flexibility index (Phi) is 7.82. The highest BCUT2D eigenvalue weighted by Gasteiger charge is 2.06. The van der Waals surface area contributed by atoms with Crippen LogP contribution in [-0.4, -0.2) is 10.2 Å². The Balaban J connectivity index is 1.92. The Morgan fingerprint density at radius 3 is 1.73 bits per heavy atom. The fraction of sp³-hybridized carbons (Fsp3) is 0.143. The smallest absolute Gasteiger partial charge is 0.219 e. The van der Waals surface area contributed by atoms with Gasteiger partial charge in [-0.15, -0.1) is 0 Å². The van der Waals surface area contributed by atoms with Gasteiger partial charge >= 0.3 is 0 Å². The van der Waals surface area contributed by atoms with Crippen LogP contribution in [-0.2, 0) is 15.3 Å². The van der Waals surface area contributed by atoms with E-state index in [-0.39, 0.29) is 10.2 Å². The number of carbonyl (C=O) groups excluding carboxylic acids is 2. The minimum absolute atomic E-state index is 0.0102. The van der Waals surface area contributed by atoms with Crippen molar-refractivity contribution in [2.75, 3.05) is 0 Å². The van der Waals surface area contributed by atoms with Crippen molar-refractivity contribution in [3.05, 3.63) is 78.4 Å². The Bertz CT molecular complexity index is 821. The molecule has 0 amide bonds. The summed E-state index contributed by atoms with van der Waals surface area (Å²) in [6, 6.07) is 16.1. The van der Waals surface area contributed by atoms with Crippen molar-refractivity contribution in [2.24, 2.45) is 0 Å². The molecule has 0 unspecified atom stereocenters. The zero-order valence-electron chi connectivity index (χ0n) is 14.8. The second-order valence-electron chi connectivity index (χ2n) is 5.74. The topological polar surface area (TPSA) is 34.1 Å². The van der Waals surface area contributed by atoms with Gasteiger partial charge in [-0.25, -0.2) is 0 Å². The highest BCUT2D eigenvalue weighted by atomic mass is 32.2. The lowest BCUT2D eigenvalue weighted by atomic mass is 10.2. The molecule has 0 fully saturated rings. The van der Waals surface area contributed by atoms with E-state index in [0.29, 0.717) is 16.9 Å². The second kappa shape index (κ2) is 9.86. The van der Waals surface area contributed by atoms with Gasteiger partial charge in [0.2, 0.25) is 10.2 Å². The molecule has 0 radical (unpaired) electrons. The molecule has 0 heterocycles. The summed E-state index contributed by atoms with van der Waals surface area (Å²) in [5.41, 5.74) is 2.24. The van der Waals surface area contributed by atoms with Crippen LogP contribution in [0.1, 0.15) is 19.4 Å². The van der Waals surface area contributed by atoms with Crippen LogP contribution >= 0.6 is 35.3 Å². The van der Waals surface area contributed by atoms with Crippen LogP contribution in [0.2, 0.25) is 0 Å². The lowest BCUT2D eigenvalue weighted by molar-refractivity contribution is -0.108. The predicted octanol–water partition coefficient (Wildman–Crippen LogP) is 6.37. The normalized spacial score (nSPS) is 10.4. The van der Waals surface area contributed by atoms with Gasteiger partial charge < -0.3 is 0 Å². The number of benzene rings is 2. The van der Waals surface area contributed by atoms with E-state index in [4.69, 9.17) is 0 Å². The van der Waals surface area contributed by atoms with Crippen LogP contribution < -0.4 is 0 Å². The summed E-state index contributed by atoms with van der Waals surface area (Å²) < 4.78 is 0. The van der Waals surface area contributed by atoms with E-state index >= 15 is 0 Å². The summed E-state index contributed by atoms with van der Waals surface area (Å²) in [5.74, 6) is 0.652. The quantitative estimate of drug-likeness (QED) is 0.398. The SMILES string of the molecule is C=C(C)C(=O)SCc1ccc(Sc2ccc(SC(=O)C(=C)C)cc2)cc1. The first-order valence-electron chi connectivity index (χ1n) is 7.92. The molecule has 5 heteroatoms. The van der Waals surface area contributed by atoms with E-state index in [9.17, 15) is 9.59 Å². The summed E-state index contributed by atoms with van der Waals surface area (Å²) >= 11 is 4.13. The molecule has 0 aliphatic carbocycles. The lowest BCUT2D eigenvalue weighted by Crippen LogP contribution is -1.92. The first-order valence-corrected chi connectivity index (χ1v) is 10.5. The van der Waals surface area contributed by atoms with Crippen LogP contribution in [0.25, 0.3) is 0 Å². The number of hydrogen-bond acceptors (Lipinski definition) is 5. The van der Waals surface area contributed by atoms with Crippen LogP contribution in [0.3, 0.4) is 0 Å². The molecular formula is C21H20O2S3. The molecule has 2 aromatic rings. The average molecular weight is 401 g/mol. The Morgan fingerprint density at radius 1 is 0.769 bits per heavy atom. The van der Waals surface area contributed by atoms with Crippen LogP contribution in [0.15, 0.2) is 87.5 Å². The summed E-state index contributed by atoms with van der Waals surface area (Å²) in [7, 11) is 0. The molecule has 0 N–H and O–H groups in total. The van der Waals surface area contributed by atoms with Gasteiger partial charge in [0.15, 0.2) is 0 Å². The van der Waals surface area contributed by atoms with Crippen molar-refractivity contribution in [2.45, 2.75) is 34.3 Å². The molecule has 0 aromatic heterocycles. The number of thioether (sulfide) groups is 2. The molecule has 0 atom stereocenters. The standard InChI is InChI=1S/C21H20O2S3/c1-14(2)20(22)24-13-16-5-7-17(8-6-16)25-18-9-11-19(12-10-18)26-21(23)15(3)4/h5-12H,1,3,13H2,2,4H3. The largest absolute Gasteiger partial charge is 0.282 e. The zero-order valence-corrected chi connectivity index (χ0v) is 17.2. The van der Waals surface area contributed by atoms with Crippen molar-refractivity contribution >= 4 is 45.5 Å². The summed E-state index contributed by atoms with van der Waals surface area (Å²) in [5, 5.41) is 0.0236. The Hall–Kier alpha value is -1.69. The Labute approximate surface area is 167 Å². The molecule has 26 heavy (non-hydrogen) atoms. The van der Waals surface area contributed by atoms with E-state index in [2.05, 4.69) is 25.3 Å². The molecule has 0 aliphatic rings. The van der Waals surface area contributed by atoms with Crippen molar-refractivity contribution in [1.29, 1.82) is 0 Å². The maximum atomic E-state index is 11.7. The number of carbonyl (C=O) groups is 2. The molecule has 0 saturated heterocycles. The van der Waals surface area contributed by atoms with Crippen molar-refractivity contribution in [3.8, 4) is 0 Å². The van der Waals surface area contributed by atoms with Crippen LogP contribution in [0, 0.1) is 0 Å². The molecule has 0 spiro atoms. The fourth-order valence-electron chi connectivity index (χ4n) is 1.83. The van der Waals surface area contributed by atoms with Gasteiger partial charge in [-0.2, -0.15) is 0 Å². The van der Waals surface area contributed by atoms with E-state index in [1.54, 1.807) is 25.6 Å². The van der Waals surface area contributed by atoms with Gasteiger partial charge in [-0.3, -0.25) is 9.59 Å². The molecule has 0 aliphatic heterocycles.